The van der Waals surface area contributed by atoms with Gasteiger partial charge >= 0.3 is 5.97 Å². The normalized spacial score (nSPS) is 23.7. The molecule has 2 atom stereocenters. The molecule has 0 radical (unpaired) electrons. The summed E-state index contributed by atoms with van der Waals surface area (Å²) in [5, 5.41) is 12.3. The Morgan fingerprint density at radius 3 is 2.94 bits per heavy atom. The van der Waals surface area contributed by atoms with Gasteiger partial charge in [-0.2, -0.15) is 0 Å². The summed E-state index contributed by atoms with van der Waals surface area (Å²) in [6, 6.07) is 5.06. The number of nitrogens with one attached hydrogen (secondary N) is 1. The molecule has 1 aliphatic rings. The van der Waals surface area contributed by atoms with E-state index < -0.39 is 5.97 Å². The van der Waals surface area contributed by atoms with Gasteiger partial charge in [-0.3, -0.25) is 4.79 Å². The van der Waals surface area contributed by atoms with Crippen molar-refractivity contribution in [2.24, 2.45) is 5.92 Å². The zero-order valence-electron chi connectivity index (χ0n) is 10.4. The van der Waals surface area contributed by atoms with E-state index in [2.05, 4.69) is 5.32 Å². The molecule has 1 aromatic rings. The van der Waals surface area contributed by atoms with Gasteiger partial charge in [0.25, 0.3) is 0 Å². The molecule has 0 amide bonds. The van der Waals surface area contributed by atoms with Crippen LogP contribution in [0.2, 0.25) is 0 Å². The van der Waals surface area contributed by atoms with Crippen LogP contribution in [0.15, 0.2) is 18.2 Å². The Kier molecular flexibility index (Phi) is 3.84. The molecule has 2 N–H and O–H groups in total. The zero-order valence-corrected chi connectivity index (χ0v) is 10.4. The maximum Gasteiger partial charge on any atom is 0.306 e. The highest BCUT2D eigenvalue weighted by Crippen LogP contribution is 2.28. The quantitative estimate of drug-likeness (QED) is 0.867. The molecule has 18 heavy (non-hydrogen) atoms. The van der Waals surface area contributed by atoms with E-state index >= 15 is 0 Å². The predicted octanol–water partition coefficient (Wildman–Crippen LogP) is 3.19. The van der Waals surface area contributed by atoms with Crippen molar-refractivity contribution in [3.8, 4) is 0 Å². The third-order valence-corrected chi connectivity index (χ3v) is 3.65. The summed E-state index contributed by atoms with van der Waals surface area (Å²) in [5.41, 5.74) is 1.36. The topological polar surface area (TPSA) is 49.3 Å². The van der Waals surface area contributed by atoms with Crippen molar-refractivity contribution in [2.45, 2.75) is 38.6 Å². The van der Waals surface area contributed by atoms with Gasteiger partial charge in [0.15, 0.2) is 0 Å². The van der Waals surface area contributed by atoms with Crippen molar-refractivity contribution < 1.29 is 14.3 Å². The molecule has 1 saturated carbocycles. The van der Waals surface area contributed by atoms with Crippen LogP contribution in [0, 0.1) is 18.7 Å². The summed E-state index contributed by atoms with van der Waals surface area (Å²) < 4.78 is 13.4. The van der Waals surface area contributed by atoms with E-state index in [0.717, 1.165) is 24.9 Å². The molecular formula is C14H18FNO2. The molecule has 2 unspecified atom stereocenters. The maximum atomic E-state index is 13.4. The van der Waals surface area contributed by atoms with Gasteiger partial charge in [-0.25, -0.2) is 4.39 Å². The fourth-order valence-electron chi connectivity index (χ4n) is 2.53. The maximum absolute atomic E-state index is 13.4. The van der Waals surface area contributed by atoms with Crippen molar-refractivity contribution in [3.05, 3.63) is 29.6 Å². The number of hydrogen-bond acceptors (Lipinski definition) is 2. The number of carboxylic acid groups (broad SMARTS) is 1. The molecule has 1 aliphatic carbocycles. The molecule has 4 heteroatoms. The second kappa shape index (κ2) is 5.38. The molecule has 1 fully saturated rings. The van der Waals surface area contributed by atoms with Gasteiger partial charge in [0.05, 0.1) is 5.92 Å². The summed E-state index contributed by atoms with van der Waals surface area (Å²) in [6.07, 6.45) is 3.21. The fourth-order valence-corrected chi connectivity index (χ4v) is 2.53. The number of anilines is 1. The van der Waals surface area contributed by atoms with E-state index in [9.17, 15) is 9.18 Å². The fraction of sp³-hybridized carbons (Fsp3) is 0.500. The Morgan fingerprint density at radius 1 is 1.44 bits per heavy atom. The first kappa shape index (κ1) is 12.9. The number of benzene rings is 1. The standard InChI is InChI=1S/C14H18FNO2/c1-9-12(15)6-3-7-13(9)16-11-5-2-4-10(8-11)14(17)18/h3,6-7,10-11,16H,2,4-5,8H2,1H3,(H,17,18). The first-order chi connectivity index (χ1) is 8.58. The van der Waals surface area contributed by atoms with Crippen LogP contribution in [-0.4, -0.2) is 17.1 Å². The van der Waals surface area contributed by atoms with Crippen LogP contribution < -0.4 is 5.32 Å². The summed E-state index contributed by atoms with van der Waals surface area (Å²) in [7, 11) is 0. The number of carbonyl (C=O) groups is 1. The minimum absolute atomic E-state index is 0.125. The Morgan fingerprint density at radius 2 is 2.22 bits per heavy atom. The van der Waals surface area contributed by atoms with Gasteiger partial charge in [-0.05, 0) is 38.3 Å². The van der Waals surface area contributed by atoms with Crippen LogP contribution in [0.25, 0.3) is 0 Å². The number of halogens is 1. The smallest absolute Gasteiger partial charge is 0.306 e. The minimum atomic E-state index is -0.725. The van der Waals surface area contributed by atoms with Gasteiger partial charge in [0.1, 0.15) is 5.82 Å². The van der Waals surface area contributed by atoms with E-state index in [1.54, 1.807) is 13.0 Å². The van der Waals surface area contributed by atoms with Gasteiger partial charge in [0, 0.05) is 17.3 Å². The molecule has 98 valence electrons. The van der Waals surface area contributed by atoms with Gasteiger partial charge < -0.3 is 10.4 Å². The molecule has 0 heterocycles. The van der Waals surface area contributed by atoms with Gasteiger partial charge in [-0.15, -0.1) is 0 Å². The molecule has 0 saturated heterocycles. The summed E-state index contributed by atoms with van der Waals surface area (Å²) in [4.78, 5) is 11.0. The lowest BCUT2D eigenvalue weighted by molar-refractivity contribution is -0.142. The molecule has 3 nitrogen and oxygen atoms in total. The van der Waals surface area contributed by atoms with Crippen molar-refractivity contribution in [2.75, 3.05) is 5.32 Å². The number of carboxylic acids is 1. The second-order valence-corrected chi connectivity index (χ2v) is 4.96. The van der Waals surface area contributed by atoms with E-state index in [1.165, 1.54) is 6.07 Å². The SMILES string of the molecule is Cc1c(F)cccc1NC1CCCC(C(=O)O)C1. The zero-order chi connectivity index (χ0) is 13.1. The van der Waals surface area contributed by atoms with E-state index in [4.69, 9.17) is 5.11 Å². The Bertz CT molecular complexity index is 447. The molecular weight excluding hydrogens is 233 g/mol. The summed E-state index contributed by atoms with van der Waals surface area (Å²) in [6.45, 7) is 1.73. The Labute approximate surface area is 106 Å². The third-order valence-electron chi connectivity index (χ3n) is 3.65. The molecule has 0 bridgehead atoms. The number of aliphatic carboxylic acids is 1. The van der Waals surface area contributed by atoms with Crippen LogP contribution in [0.3, 0.4) is 0 Å². The lowest BCUT2D eigenvalue weighted by Gasteiger charge is -2.28. The number of rotatable bonds is 3. The van der Waals surface area contributed by atoms with Crippen LogP contribution in [0.4, 0.5) is 10.1 Å². The summed E-state index contributed by atoms with van der Waals surface area (Å²) in [5.74, 6) is -1.23. The average molecular weight is 251 g/mol. The first-order valence-corrected chi connectivity index (χ1v) is 6.32. The first-order valence-electron chi connectivity index (χ1n) is 6.32. The van der Waals surface area contributed by atoms with E-state index in [1.807, 2.05) is 6.07 Å². The minimum Gasteiger partial charge on any atom is -0.481 e. The lowest BCUT2D eigenvalue weighted by atomic mass is 9.85. The summed E-state index contributed by atoms with van der Waals surface area (Å²) >= 11 is 0. The van der Waals surface area contributed by atoms with Crippen molar-refractivity contribution >= 4 is 11.7 Å². The molecule has 0 aliphatic heterocycles. The molecule has 2 rings (SSSR count). The van der Waals surface area contributed by atoms with Gasteiger partial charge in [0.2, 0.25) is 0 Å². The highest BCUT2D eigenvalue weighted by molar-refractivity contribution is 5.70. The highest BCUT2D eigenvalue weighted by atomic mass is 19.1. The van der Waals surface area contributed by atoms with Crippen LogP contribution in [-0.2, 0) is 4.79 Å². The lowest BCUT2D eigenvalue weighted by Crippen LogP contribution is -2.31. The van der Waals surface area contributed by atoms with Crippen molar-refractivity contribution in [3.63, 3.8) is 0 Å². The van der Waals surface area contributed by atoms with Crippen LogP contribution >= 0.6 is 0 Å². The third kappa shape index (κ3) is 2.81. The molecule has 0 aromatic heterocycles. The second-order valence-electron chi connectivity index (χ2n) is 4.96. The van der Waals surface area contributed by atoms with Crippen LogP contribution in [0.5, 0.6) is 0 Å². The molecule has 1 aromatic carbocycles. The van der Waals surface area contributed by atoms with E-state index in [-0.39, 0.29) is 17.8 Å². The predicted molar refractivity (Wildman–Crippen MR) is 68.1 cm³/mol. The van der Waals surface area contributed by atoms with Crippen molar-refractivity contribution in [1.29, 1.82) is 0 Å². The van der Waals surface area contributed by atoms with E-state index in [0.29, 0.717) is 12.0 Å². The van der Waals surface area contributed by atoms with Crippen LogP contribution in [0.1, 0.15) is 31.2 Å². The monoisotopic (exact) mass is 251 g/mol. The average Bonchev–Trinajstić information content (AvgIpc) is 2.35. The number of hydrogen-bond donors (Lipinski definition) is 2. The Hall–Kier alpha value is -1.58. The van der Waals surface area contributed by atoms with Crippen molar-refractivity contribution in [1.82, 2.24) is 0 Å². The highest BCUT2D eigenvalue weighted by Gasteiger charge is 2.27. The largest absolute Gasteiger partial charge is 0.481 e. The molecule has 0 spiro atoms. The Balaban J connectivity index is 2.05. The van der Waals surface area contributed by atoms with Gasteiger partial charge in [-0.1, -0.05) is 12.5 Å².